The number of pyridine rings is 1. The average Bonchev–Trinajstić information content (AvgIpc) is 3.16. The van der Waals surface area contributed by atoms with E-state index in [-0.39, 0.29) is 5.91 Å². The van der Waals surface area contributed by atoms with Crippen LogP contribution in [0.3, 0.4) is 0 Å². The Balaban J connectivity index is 1.42. The van der Waals surface area contributed by atoms with Crippen LogP contribution in [-0.2, 0) is 0 Å². The summed E-state index contributed by atoms with van der Waals surface area (Å²) < 4.78 is 7.70. The fraction of sp³-hybridized carbons (Fsp3) is 0.381. The van der Waals surface area contributed by atoms with Gasteiger partial charge in [0.15, 0.2) is 5.65 Å². The Morgan fingerprint density at radius 2 is 2.00 bits per heavy atom. The number of ether oxygens (including phenoxy) is 1. The van der Waals surface area contributed by atoms with Crippen molar-refractivity contribution in [3.8, 4) is 5.75 Å². The van der Waals surface area contributed by atoms with Crippen LogP contribution in [0.5, 0.6) is 5.75 Å². The molecule has 0 aliphatic carbocycles. The molecule has 4 rings (SSSR count). The van der Waals surface area contributed by atoms with Crippen LogP contribution < -0.4 is 4.74 Å². The van der Waals surface area contributed by atoms with Crippen molar-refractivity contribution in [2.24, 2.45) is 0 Å². The molecule has 3 heterocycles. The van der Waals surface area contributed by atoms with E-state index in [9.17, 15) is 4.79 Å². The van der Waals surface area contributed by atoms with Crippen LogP contribution in [0.25, 0.3) is 5.65 Å². The van der Waals surface area contributed by atoms with Crippen molar-refractivity contribution in [3.05, 3.63) is 60.0 Å². The van der Waals surface area contributed by atoms with Gasteiger partial charge >= 0.3 is 0 Å². The minimum absolute atomic E-state index is 0.0708. The summed E-state index contributed by atoms with van der Waals surface area (Å²) in [5.41, 5.74) is 1.56. The van der Waals surface area contributed by atoms with Gasteiger partial charge in [-0.2, -0.15) is 0 Å². The van der Waals surface area contributed by atoms with Crippen LogP contribution in [0, 0.1) is 0 Å². The number of hydrogen-bond donors (Lipinski definition) is 0. The third-order valence-corrected chi connectivity index (χ3v) is 5.04. The Morgan fingerprint density at radius 3 is 2.81 bits per heavy atom. The van der Waals surface area contributed by atoms with Gasteiger partial charge in [0.05, 0.1) is 6.61 Å². The zero-order valence-electron chi connectivity index (χ0n) is 15.5. The lowest BCUT2D eigenvalue weighted by Gasteiger charge is -2.31. The Kier molecular flexibility index (Phi) is 5.05. The van der Waals surface area contributed by atoms with E-state index < -0.39 is 0 Å². The standard InChI is InChI=1S/C21H24N4O2/c1-2-14-27-18-7-5-6-17(15-18)21(26)24-12-9-16(10-13-24)20-23-22-19-8-3-4-11-25(19)20/h3-8,11,15-16H,2,9-10,12-14H2,1H3. The molecule has 0 unspecified atom stereocenters. The molecule has 1 saturated heterocycles. The number of aromatic nitrogens is 3. The van der Waals surface area contributed by atoms with Crippen LogP contribution in [0.15, 0.2) is 48.7 Å². The van der Waals surface area contributed by atoms with Crippen LogP contribution in [0.1, 0.15) is 48.3 Å². The zero-order chi connectivity index (χ0) is 18.6. The maximum absolute atomic E-state index is 12.9. The largest absolute Gasteiger partial charge is 0.494 e. The van der Waals surface area contributed by atoms with E-state index in [2.05, 4.69) is 21.5 Å². The molecule has 0 saturated carbocycles. The van der Waals surface area contributed by atoms with Crippen molar-refractivity contribution >= 4 is 11.6 Å². The molecule has 2 aromatic heterocycles. The molecule has 1 amide bonds. The minimum Gasteiger partial charge on any atom is -0.494 e. The van der Waals surface area contributed by atoms with E-state index in [0.29, 0.717) is 18.1 Å². The van der Waals surface area contributed by atoms with Gasteiger partial charge in [0, 0.05) is 30.8 Å². The molecule has 3 aromatic rings. The number of likely N-dealkylation sites (tertiary alicyclic amines) is 1. The van der Waals surface area contributed by atoms with Gasteiger partial charge in [-0.05, 0) is 49.6 Å². The summed E-state index contributed by atoms with van der Waals surface area (Å²) in [6.45, 7) is 4.18. The van der Waals surface area contributed by atoms with E-state index in [0.717, 1.165) is 49.6 Å². The first-order valence-electron chi connectivity index (χ1n) is 9.58. The molecule has 0 N–H and O–H groups in total. The molecular formula is C21H24N4O2. The lowest BCUT2D eigenvalue weighted by molar-refractivity contribution is 0.0710. The lowest BCUT2D eigenvalue weighted by Crippen LogP contribution is -2.38. The second-order valence-corrected chi connectivity index (χ2v) is 6.93. The van der Waals surface area contributed by atoms with Crippen molar-refractivity contribution in [1.29, 1.82) is 0 Å². The minimum atomic E-state index is 0.0708. The highest BCUT2D eigenvalue weighted by Gasteiger charge is 2.27. The molecule has 1 aliphatic rings. The fourth-order valence-corrected chi connectivity index (χ4v) is 3.60. The van der Waals surface area contributed by atoms with Gasteiger partial charge in [-0.3, -0.25) is 9.20 Å². The predicted octanol–water partition coefficient (Wildman–Crippen LogP) is 3.54. The first kappa shape index (κ1) is 17.5. The first-order chi connectivity index (χ1) is 13.3. The van der Waals surface area contributed by atoms with Crippen molar-refractivity contribution in [2.75, 3.05) is 19.7 Å². The molecule has 1 aliphatic heterocycles. The van der Waals surface area contributed by atoms with Gasteiger partial charge in [-0.1, -0.05) is 19.1 Å². The van der Waals surface area contributed by atoms with Crippen LogP contribution >= 0.6 is 0 Å². The number of nitrogens with zero attached hydrogens (tertiary/aromatic N) is 4. The van der Waals surface area contributed by atoms with Gasteiger partial charge in [-0.25, -0.2) is 0 Å². The smallest absolute Gasteiger partial charge is 0.253 e. The average molecular weight is 364 g/mol. The Labute approximate surface area is 158 Å². The van der Waals surface area contributed by atoms with Gasteiger partial charge in [0.1, 0.15) is 11.6 Å². The molecule has 0 radical (unpaired) electrons. The van der Waals surface area contributed by atoms with Crippen molar-refractivity contribution in [2.45, 2.75) is 32.1 Å². The van der Waals surface area contributed by atoms with Crippen LogP contribution in [0.4, 0.5) is 0 Å². The van der Waals surface area contributed by atoms with Crippen LogP contribution in [-0.4, -0.2) is 45.1 Å². The molecule has 27 heavy (non-hydrogen) atoms. The Bertz CT molecular complexity index is 929. The van der Waals surface area contributed by atoms with Gasteiger partial charge < -0.3 is 9.64 Å². The number of piperidine rings is 1. The molecule has 0 spiro atoms. The SMILES string of the molecule is CCCOc1cccc(C(=O)N2CCC(c3nnc4ccccn34)CC2)c1. The van der Waals surface area contributed by atoms with Crippen molar-refractivity contribution in [3.63, 3.8) is 0 Å². The summed E-state index contributed by atoms with van der Waals surface area (Å²) in [6.07, 6.45) is 4.74. The number of carbonyl (C=O) groups excluding carboxylic acids is 1. The number of amides is 1. The van der Waals surface area contributed by atoms with Gasteiger partial charge in [-0.15, -0.1) is 10.2 Å². The van der Waals surface area contributed by atoms with E-state index in [1.165, 1.54) is 0 Å². The molecule has 0 atom stereocenters. The monoisotopic (exact) mass is 364 g/mol. The maximum atomic E-state index is 12.9. The van der Waals surface area contributed by atoms with E-state index in [1.54, 1.807) is 0 Å². The Morgan fingerprint density at radius 1 is 1.15 bits per heavy atom. The van der Waals surface area contributed by atoms with Gasteiger partial charge in [0.25, 0.3) is 5.91 Å². The second-order valence-electron chi connectivity index (χ2n) is 6.93. The summed E-state index contributed by atoms with van der Waals surface area (Å²) in [7, 11) is 0. The fourth-order valence-electron chi connectivity index (χ4n) is 3.60. The van der Waals surface area contributed by atoms with Gasteiger partial charge in [0.2, 0.25) is 0 Å². The number of fused-ring (bicyclic) bond motifs is 1. The zero-order valence-corrected chi connectivity index (χ0v) is 15.5. The summed E-state index contributed by atoms with van der Waals surface area (Å²) in [5.74, 6) is 2.15. The number of carbonyl (C=O) groups is 1. The molecule has 6 heteroatoms. The molecule has 0 bridgehead atoms. The topological polar surface area (TPSA) is 59.7 Å². The van der Waals surface area contributed by atoms with E-state index >= 15 is 0 Å². The molecule has 6 nitrogen and oxygen atoms in total. The highest BCUT2D eigenvalue weighted by molar-refractivity contribution is 5.94. The first-order valence-corrected chi connectivity index (χ1v) is 9.58. The summed E-state index contributed by atoms with van der Waals surface area (Å²) in [6, 6.07) is 13.4. The summed E-state index contributed by atoms with van der Waals surface area (Å²) >= 11 is 0. The molecular weight excluding hydrogens is 340 g/mol. The molecule has 140 valence electrons. The third kappa shape index (κ3) is 3.65. The van der Waals surface area contributed by atoms with Crippen molar-refractivity contribution in [1.82, 2.24) is 19.5 Å². The highest BCUT2D eigenvalue weighted by Crippen LogP contribution is 2.28. The second kappa shape index (κ2) is 7.78. The number of benzene rings is 1. The van der Waals surface area contributed by atoms with E-state index in [1.807, 2.05) is 53.6 Å². The van der Waals surface area contributed by atoms with Crippen LogP contribution in [0.2, 0.25) is 0 Å². The molecule has 1 aromatic carbocycles. The highest BCUT2D eigenvalue weighted by atomic mass is 16.5. The predicted molar refractivity (Wildman–Crippen MR) is 103 cm³/mol. The van der Waals surface area contributed by atoms with E-state index in [4.69, 9.17) is 4.74 Å². The van der Waals surface area contributed by atoms with Crippen molar-refractivity contribution < 1.29 is 9.53 Å². The third-order valence-electron chi connectivity index (χ3n) is 5.04. The maximum Gasteiger partial charge on any atom is 0.253 e. The molecule has 1 fully saturated rings. The lowest BCUT2D eigenvalue weighted by atomic mass is 9.95. The number of rotatable bonds is 5. The number of hydrogen-bond acceptors (Lipinski definition) is 4. The normalized spacial score (nSPS) is 15.2. The summed E-state index contributed by atoms with van der Waals surface area (Å²) in [4.78, 5) is 14.8. The summed E-state index contributed by atoms with van der Waals surface area (Å²) in [5, 5.41) is 8.63. The Hall–Kier alpha value is -2.89. The quantitative estimate of drug-likeness (QED) is 0.695.